The SMILES string of the molecule is CCC(C(=O)O)N(C)C(=O)C1CC(=O)N(CC(C)C)C1. The third kappa shape index (κ3) is 3.71. The number of hydrogen-bond donors (Lipinski definition) is 1. The van der Waals surface area contributed by atoms with Crippen LogP contribution in [-0.4, -0.2) is 58.9 Å². The van der Waals surface area contributed by atoms with Gasteiger partial charge >= 0.3 is 5.97 Å². The average Bonchev–Trinajstić information content (AvgIpc) is 2.69. The molecule has 114 valence electrons. The molecule has 1 saturated heterocycles. The number of rotatable bonds is 6. The van der Waals surface area contributed by atoms with Gasteiger partial charge in [0.1, 0.15) is 6.04 Å². The van der Waals surface area contributed by atoms with E-state index in [1.54, 1.807) is 11.8 Å². The van der Waals surface area contributed by atoms with Crippen molar-refractivity contribution in [2.24, 2.45) is 11.8 Å². The summed E-state index contributed by atoms with van der Waals surface area (Å²) < 4.78 is 0. The van der Waals surface area contributed by atoms with Gasteiger partial charge in [-0.15, -0.1) is 0 Å². The lowest BCUT2D eigenvalue weighted by Gasteiger charge is -2.26. The van der Waals surface area contributed by atoms with Crippen molar-refractivity contribution >= 4 is 17.8 Å². The van der Waals surface area contributed by atoms with E-state index in [4.69, 9.17) is 5.11 Å². The predicted octanol–water partition coefficient (Wildman–Crippen LogP) is 0.812. The molecule has 0 aromatic carbocycles. The van der Waals surface area contributed by atoms with Crippen molar-refractivity contribution in [3.63, 3.8) is 0 Å². The second-order valence-electron chi connectivity index (χ2n) is 5.81. The van der Waals surface area contributed by atoms with Gasteiger partial charge in [-0.25, -0.2) is 4.79 Å². The zero-order valence-electron chi connectivity index (χ0n) is 12.6. The van der Waals surface area contributed by atoms with Gasteiger partial charge in [0, 0.05) is 26.6 Å². The average molecular weight is 284 g/mol. The number of carbonyl (C=O) groups is 3. The minimum atomic E-state index is -1.01. The molecule has 0 saturated carbocycles. The number of likely N-dealkylation sites (tertiary alicyclic amines) is 1. The quantitative estimate of drug-likeness (QED) is 0.783. The summed E-state index contributed by atoms with van der Waals surface area (Å²) in [5.41, 5.74) is 0. The van der Waals surface area contributed by atoms with Crippen molar-refractivity contribution in [2.45, 2.75) is 39.7 Å². The molecule has 1 aliphatic rings. The van der Waals surface area contributed by atoms with Gasteiger partial charge < -0.3 is 14.9 Å². The van der Waals surface area contributed by atoms with Crippen LogP contribution in [0.25, 0.3) is 0 Å². The fourth-order valence-electron chi connectivity index (χ4n) is 2.61. The fourth-order valence-corrected chi connectivity index (χ4v) is 2.61. The molecular weight excluding hydrogens is 260 g/mol. The lowest BCUT2D eigenvalue weighted by molar-refractivity contribution is -0.150. The van der Waals surface area contributed by atoms with Crippen LogP contribution in [0.2, 0.25) is 0 Å². The molecule has 20 heavy (non-hydrogen) atoms. The summed E-state index contributed by atoms with van der Waals surface area (Å²) in [5.74, 6) is -1.34. The van der Waals surface area contributed by atoms with Gasteiger partial charge in [-0.1, -0.05) is 20.8 Å². The Morgan fingerprint density at radius 1 is 1.45 bits per heavy atom. The van der Waals surface area contributed by atoms with Gasteiger partial charge in [0.25, 0.3) is 0 Å². The molecule has 2 amide bonds. The molecule has 0 aromatic heterocycles. The Morgan fingerprint density at radius 3 is 2.50 bits per heavy atom. The molecule has 0 spiro atoms. The molecule has 0 bridgehead atoms. The standard InChI is InChI=1S/C14H24N2O4/c1-5-11(14(19)20)15(4)13(18)10-6-12(17)16(8-10)7-9(2)3/h9-11H,5-8H2,1-4H3,(H,19,20). The van der Waals surface area contributed by atoms with Gasteiger partial charge in [-0.05, 0) is 12.3 Å². The molecule has 1 N–H and O–H groups in total. The number of carboxylic acid groups (broad SMARTS) is 1. The highest BCUT2D eigenvalue weighted by molar-refractivity contribution is 5.91. The monoisotopic (exact) mass is 284 g/mol. The summed E-state index contributed by atoms with van der Waals surface area (Å²) in [7, 11) is 1.50. The topological polar surface area (TPSA) is 77.9 Å². The van der Waals surface area contributed by atoms with Crippen LogP contribution in [0.1, 0.15) is 33.6 Å². The van der Waals surface area contributed by atoms with Gasteiger partial charge in [0.05, 0.1) is 5.92 Å². The number of aliphatic carboxylic acids is 1. The maximum atomic E-state index is 12.3. The molecule has 6 heteroatoms. The third-order valence-corrected chi connectivity index (χ3v) is 3.64. The normalized spacial score (nSPS) is 20.4. The van der Waals surface area contributed by atoms with Crippen LogP contribution in [0.3, 0.4) is 0 Å². The lowest BCUT2D eigenvalue weighted by Crippen LogP contribution is -2.45. The van der Waals surface area contributed by atoms with Crippen LogP contribution in [0.5, 0.6) is 0 Å². The summed E-state index contributed by atoms with van der Waals surface area (Å²) in [6.07, 6.45) is 0.542. The van der Waals surface area contributed by atoms with Crippen molar-refractivity contribution in [2.75, 3.05) is 20.1 Å². The first-order valence-electron chi connectivity index (χ1n) is 7.05. The van der Waals surface area contributed by atoms with E-state index in [2.05, 4.69) is 0 Å². The Morgan fingerprint density at radius 2 is 2.05 bits per heavy atom. The molecule has 0 aromatic rings. The number of nitrogens with zero attached hydrogens (tertiary/aromatic N) is 2. The molecule has 2 unspecified atom stereocenters. The van der Waals surface area contributed by atoms with Crippen molar-refractivity contribution in [1.82, 2.24) is 9.80 Å². The van der Waals surface area contributed by atoms with E-state index < -0.39 is 17.9 Å². The summed E-state index contributed by atoms with van der Waals surface area (Å²) >= 11 is 0. The van der Waals surface area contributed by atoms with Crippen LogP contribution in [0.4, 0.5) is 0 Å². The number of carbonyl (C=O) groups excluding carboxylic acids is 2. The second-order valence-corrected chi connectivity index (χ2v) is 5.81. The van der Waals surface area contributed by atoms with Crippen molar-refractivity contribution in [1.29, 1.82) is 0 Å². The number of likely N-dealkylation sites (N-methyl/N-ethyl adjacent to an activating group) is 1. The van der Waals surface area contributed by atoms with Crippen LogP contribution < -0.4 is 0 Å². The van der Waals surface area contributed by atoms with Crippen molar-refractivity contribution in [3.8, 4) is 0 Å². The Bertz CT molecular complexity index is 395. The van der Waals surface area contributed by atoms with E-state index in [9.17, 15) is 14.4 Å². The third-order valence-electron chi connectivity index (χ3n) is 3.64. The van der Waals surface area contributed by atoms with Gasteiger partial charge in [-0.3, -0.25) is 9.59 Å². The van der Waals surface area contributed by atoms with Crippen LogP contribution in [-0.2, 0) is 14.4 Å². The molecular formula is C14H24N2O4. The van der Waals surface area contributed by atoms with E-state index >= 15 is 0 Å². The number of hydrogen-bond acceptors (Lipinski definition) is 3. The van der Waals surface area contributed by atoms with E-state index in [1.807, 2.05) is 13.8 Å². The molecule has 6 nitrogen and oxygen atoms in total. The minimum Gasteiger partial charge on any atom is -0.480 e. The molecule has 2 atom stereocenters. The first kappa shape index (κ1) is 16.5. The van der Waals surface area contributed by atoms with Gasteiger partial charge in [-0.2, -0.15) is 0 Å². The van der Waals surface area contributed by atoms with Crippen LogP contribution in [0.15, 0.2) is 0 Å². The summed E-state index contributed by atoms with van der Waals surface area (Å²) in [4.78, 5) is 38.2. The highest BCUT2D eigenvalue weighted by atomic mass is 16.4. The Balaban J connectivity index is 2.69. The van der Waals surface area contributed by atoms with E-state index in [0.29, 0.717) is 25.4 Å². The molecule has 0 aliphatic carbocycles. The van der Waals surface area contributed by atoms with E-state index in [0.717, 1.165) is 0 Å². The fraction of sp³-hybridized carbons (Fsp3) is 0.786. The van der Waals surface area contributed by atoms with E-state index in [1.165, 1.54) is 11.9 Å². The molecule has 1 heterocycles. The number of carboxylic acids is 1. The first-order valence-corrected chi connectivity index (χ1v) is 7.05. The second kappa shape index (κ2) is 6.72. The Hall–Kier alpha value is -1.59. The Kier molecular flexibility index (Phi) is 5.53. The highest BCUT2D eigenvalue weighted by Crippen LogP contribution is 2.22. The van der Waals surface area contributed by atoms with Crippen molar-refractivity contribution in [3.05, 3.63) is 0 Å². The largest absolute Gasteiger partial charge is 0.480 e. The van der Waals surface area contributed by atoms with Gasteiger partial charge in [0.15, 0.2) is 0 Å². The molecule has 1 rings (SSSR count). The van der Waals surface area contributed by atoms with Gasteiger partial charge in [0.2, 0.25) is 11.8 Å². The smallest absolute Gasteiger partial charge is 0.326 e. The summed E-state index contributed by atoms with van der Waals surface area (Å²) in [6.45, 7) is 6.81. The van der Waals surface area contributed by atoms with Crippen LogP contribution >= 0.6 is 0 Å². The molecule has 1 aliphatic heterocycles. The Labute approximate surface area is 119 Å². The first-order chi connectivity index (χ1) is 9.27. The van der Waals surface area contributed by atoms with E-state index in [-0.39, 0.29) is 18.2 Å². The summed E-state index contributed by atoms with van der Waals surface area (Å²) in [5, 5.41) is 9.09. The zero-order valence-corrected chi connectivity index (χ0v) is 12.6. The molecule has 0 radical (unpaired) electrons. The highest BCUT2D eigenvalue weighted by Gasteiger charge is 2.38. The minimum absolute atomic E-state index is 0.0196. The maximum absolute atomic E-state index is 12.3. The lowest BCUT2D eigenvalue weighted by atomic mass is 10.1. The summed E-state index contributed by atoms with van der Waals surface area (Å²) in [6, 6.07) is -0.822. The number of amides is 2. The maximum Gasteiger partial charge on any atom is 0.326 e. The predicted molar refractivity (Wildman–Crippen MR) is 74.0 cm³/mol. The zero-order chi connectivity index (χ0) is 15.4. The van der Waals surface area contributed by atoms with Crippen molar-refractivity contribution < 1.29 is 19.5 Å². The molecule has 1 fully saturated rings. The van der Waals surface area contributed by atoms with Crippen LogP contribution in [0, 0.1) is 11.8 Å².